The van der Waals surface area contributed by atoms with Crippen LogP contribution in [0, 0.1) is 0 Å². The van der Waals surface area contributed by atoms with Crippen molar-refractivity contribution < 1.29 is 4.74 Å². The van der Waals surface area contributed by atoms with Gasteiger partial charge in [-0.05, 0) is 44.9 Å². The molecule has 0 bridgehead atoms. The zero-order valence-electron chi connectivity index (χ0n) is 10.9. The molecule has 96 valence electrons. The molecule has 2 N–H and O–H groups in total. The molecule has 0 saturated carbocycles. The van der Waals surface area contributed by atoms with E-state index in [1.807, 2.05) is 18.2 Å². The molecule has 3 rings (SSSR count). The first-order valence-corrected chi connectivity index (χ1v) is 6.54. The second-order valence-electron chi connectivity index (χ2n) is 5.11. The first kappa shape index (κ1) is 11.5. The molecule has 1 aliphatic rings. The van der Waals surface area contributed by atoms with Gasteiger partial charge in [-0.1, -0.05) is 0 Å². The Labute approximate surface area is 107 Å². The maximum atomic E-state index is 5.91. The van der Waals surface area contributed by atoms with E-state index in [1.165, 1.54) is 0 Å². The highest BCUT2D eigenvalue weighted by Crippen LogP contribution is 2.36. The zero-order chi connectivity index (χ0) is 12.8. The topological polar surface area (TPSA) is 53.1 Å². The molecular weight excluding hydrogens is 226 g/mol. The minimum Gasteiger partial charge on any atom is -0.399 e. The third kappa shape index (κ3) is 1.60. The Hall–Kier alpha value is -1.55. The maximum Gasteiger partial charge on any atom is 0.141 e. The lowest BCUT2D eigenvalue weighted by molar-refractivity contribution is 0.00703. The van der Waals surface area contributed by atoms with E-state index < -0.39 is 0 Å². The third-order valence-electron chi connectivity index (χ3n) is 3.78. The van der Waals surface area contributed by atoms with Crippen molar-refractivity contribution in [3.8, 4) is 0 Å². The number of fused-ring (bicyclic) bond motifs is 1. The van der Waals surface area contributed by atoms with Gasteiger partial charge in [0.2, 0.25) is 0 Å². The summed E-state index contributed by atoms with van der Waals surface area (Å²) < 4.78 is 8.13. The average Bonchev–Trinajstić information content (AvgIpc) is 2.93. The van der Waals surface area contributed by atoms with Gasteiger partial charge in [-0.2, -0.15) is 0 Å². The van der Waals surface area contributed by atoms with Gasteiger partial charge in [-0.3, -0.25) is 0 Å². The van der Waals surface area contributed by atoms with E-state index >= 15 is 0 Å². The molecule has 2 aromatic rings. The van der Waals surface area contributed by atoms with Crippen molar-refractivity contribution in [1.29, 1.82) is 0 Å². The molecular formula is C14H19N3O. The number of rotatable bonds is 2. The summed E-state index contributed by atoms with van der Waals surface area (Å²) in [6, 6.07) is 5.88. The van der Waals surface area contributed by atoms with E-state index in [1.54, 1.807) is 0 Å². The fourth-order valence-corrected chi connectivity index (χ4v) is 2.82. The molecule has 0 radical (unpaired) electrons. The molecule has 4 nitrogen and oxygen atoms in total. The summed E-state index contributed by atoms with van der Waals surface area (Å²) in [4.78, 5) is 4.76. The van der Waals surface area contributed by atoms with Crippen molar-refractivity contribution >= 4 is 16.7 Å². The summed E-state index contributed by atoms with van der Waals surface area (Å²) in [5.41, 5.74) is 8.50. The number of hydrogen-bond acceptors (Lipinski definition) is 3. The Morgan fingerprint density at radius 2 is 2.33 bits per heavy atom. The van der Waals surface area contributed by atoms with Crippen molar-refractivity contribution in [3.05, 3.63) is 24.0 Å². The highest BCUT2D eigenvalue weighted by atomic mass is 16.5. The SMILES string of the molecule is CCn1c(C2(C)CCCO2)nc2ccc(N)cc21. The van der Waals surface area contributed by atoms with E-state index in [9.17, 15) is 0 Å². The predicted molar refractivity (Wildman–Crippen MR) is 72.4 cm³/mol. The van der Waals surface area contributed by atoms with Crippen molar-refractivity contribution in [3.63, 3.8) is 0 Å². The Kier molecular flexibility index (Phi) is 2.55. The van der Waals surface area contributed by atoms with Gasteiger partial charge in [0.05, 0.1) is 11.0 Å². The second-order valence-corrected chi connectivity index (χ2v) is 5.11. The first-order valence-electron chi connectivity index (χ1n) is 6.54. The normalized spacial score (nSPS) is 23.9. The summed E-state index contributed by atoms with van der Waals surface area (Å²) in [5, 5.41) is 0. The largest absolute Gasteiger partial charge is 0.399 e. The van der Waals surface area contributed by atoms with Crippen LogP contribution in [0.1, 0.15) is 32.5 Å². The van der Waals surface area contributed by atoms with Gasteiger partial charge in [0.1, 0.15) is 11.4 Å². The summed E-state index contributed by atoms with van der Waals surface area (Å²) in [6.07, 6.45) is 2.14. The first-order chi connectivity index (χ1) is 8.64. The molecule has 0 aliphatic carbocycles. The fourth-order valence-electron chi connectivity index (χ4n) is 2.82. The molecule has 18 heavy (non-hydrogen) atoms. The van der Waals surface area contributed by atoms with Gasteiger partial charge >= 0.3 is 0 Å². The maximum absolute atomic E-state index is 5.91. The third-order valence-corrected chi connectivity index (χ3v) is 3.78. The van der Waals surface area contributed by atoms with Gasteiger partial charge in [-0.15, -0.1) is 0 Å². The predicted octanol–water partition coefficient (Wildman–Crippen LogP) is 2.66. The minimum absolute atomic E-state index is 0.246. The van der Waals surface area contributed by atoms with Gasteiger partial charge < -0.3 is 15.0 Å². The minimum atomic E-state index is -0.246. The number of imidazole rings is 1. The summed E-state index contributed by atoms with van der Waals surface area (Å²) in [6.45, 7) is 5.97. The van der Waals surface area contributed by atoms with Crippen LogP contribution in [0.25, 0.3) is 11.0 Å². The molecule has 1 aromatic heterocycles. The number of ether oxygens (including phenoxy) is 1. The van der Waals surface area contributed by atoms with Crippen molar-refractivity contribution in [2.45, 2.75) is 38.8 Å². The number of aryl methyl sites for hydroxylation is 1. The smallest absolute Gasteiger partial charge is 0.141 e. The van der Waals surface area contributed by atoms with Crippen LogP contribution in [0.2, 0.25) is 0 Å². The number of nitrogens with zero attached hydrogens (tertiary/aromatic N) is 2. The molecule has 1 fully saturated rings. The van der Waals surface area contributed by atoms with Crippen LogP contribution in [0.15, 0.2) is 18.2 Å². The van der Waals surface area contributed by atoms with Crippen LogP contribution in [0.3, 0.4) is 0 Å². The van der Waals surface area contributed by atoms with Crippen molar-refractivity contribution in [2.24, 2.45) is 0 Å². The van der Waals surface area contributed by atoms with E-state index in [0.717, 1.165) is 48.5 Å². The molecule has 1 aromatic carbocycles. The van der Waals surface area contributed by atoms with Crippen LogP contribution in [-0.4, -0.2) is 16.2 Å². The van der Waals surface area contributed by atoms with E-state index in [4.69, 9.17) is 15.5 Å². The number of hydrogen-bond donors (Lipinski definition) is 1. The number of benzene rings is 1. The zero-order valence-corrected chi connectivity index (χ0v) is 10.9. The van der Waals surface area contributed by atoms with Gasteiger partial charge in [0.15, 0.2) is 0 Å². The van der Waals surface area contributed by atoms with Crippen LogP contribution < -0.4 is 5.73 Å². The summed E-state index contributed by atoms with van der Waals surface area (Å²) in [5.74, 6) is 1.03. The highest BCUT2D eigenvalue weighted by Gasteiger charge is 2.36. The molecule has 0 spiro atoms. The van der Waals surface area contributed by atoms with E-state index in [2.05, 4.69) is 18.4 Å². The number of nitrogens with two attached hydrogens (primary N) is 1. The second kappa shape index (κ2) is 3.99. The molecule has 4 heteroatoms. The monoisotopic (exact) mass is 245 g/mol. The van der Waals surface area contributed by atoms with Gasteiger partial charge in [0, 0.05) is 18.8 Å². The fraction of sp³-hybridized carbons (Fsp3) is 0.500. The van der Waals surface area contributed by atoms with Crippen LogP contribution in [-0.2, 0) is 16.9 Å². The van der Waals surface area contributed by atoms with Crippen LogP contribution >= 0.6 is 0 Å². The summed E-state index contributed by atoms with van der Waals surface area (Å²) >= 11 is 0. The molecule has 1 atom stereocenters. The van der Waals surface area contributed by atoms with E-state index in [0.29, 0.717) is 0 Å². The standard InChI is InChI=1S/C14H19N3O/c1-3-17-12-9-10(15)5-6-11(12)16-13(17)14(2)7-4-8-18-14/h5-6,9H,3-4,7-8,15H2,1-2H3. The lowest BCUT2D eigenvalue weighted by Crippen LogP contribution is -2.25. The molecule has 0 amide bonds. The van der Waals surface area contributed by atoms with E-state index in [-0.39, 0.29) is 5.60 Å². The summed E-state index contributed by atoms with van der Waals surface area (Å²) in [7, 11) is 0. The molecule has 1 aliphatic heterocycles. The van der Waals surface area contributed by atoms with Gasteiger partial charge in [-0.25, -0.2) is 4.98 Å². The quantitative estimate of drug-likeness (QED) is 0.827. The molecule has 1 unspecified atom stereocenters. The molecule has 2 heterocycles. The lowest BCUT2D eigenvalue weighted by Gasteiger charge is -2.23. The van der Waals surface area contributed by atoms with Crippen LogP contribution in [0.4, 0.5) is 5.69 Å². The van der Waals surface area contributed by atoms with Gasteiger partial charge in [0.25, 0.3) is 0 Å². The number of anilines is 1. The molecule has 1 saturated heterocycles. The lowest BCUT2D eigenvalue weighted by atomic mass is 10.0. The Morgan fingerprint density at radius 3 is 3.00 bits per heavy atom. The number of aromatic nitrogens is 2. The highest BCUT2D eigenvalue weighted by molar-refractivity contribution is 5.79. The van der Waals surface area contributed by atoms with Crippen molar-refractivity contribution in [2.75, 3.05) is 12.3 Å². The Bertz CT molecular complexity index is 582. The Morgan fingerprint density at radius 1 is 1.50 bits per heavy atom. The van der Waals surface area contributed by atoms with Crippen LogP contribution in [0.5, 0.6) is 0 Å². The average molecular weight is 245 g/mol. The number of nitrogen functional groups attached to an aromatic ring is 1. The van der Waals surface area contributed by atoms with Crippen molar-refractivity contribution in [1.82, 2.24) is 9.55 Å². The Balaban J connectivity index is 2.23.